The van der Waals surface area contributed by atoms with Crippen molar-refractivity contribution in [3.63, 3.8) is 0 Å². The number of nitrogens with one attached hydrogen (secondary N) is 1. The van der Waals surface area contributed by atoms with Crippen LogP contribution in [0.5, 0.6) is 0 Å². The number of amides is 1. The number of carbonyl (C=O) groups excluding carboxylic acids is 1. The molecular weight excluding hydrogens is 218 g/mol. The molecule has 86 valence electrons. The average Bonchev–Trinajstić information content (AvgIpc) is 2.69. The van der Waals surface area contributed by atoms with Crippen LogP contribution >= 0.6 is 11.8 Å². The fourth-order valence-electron chi connectivity index (χ4n) is 1.42. The summed E-state index contributed by atoms with van der Waals surface area (Å²) in [4.78, 5) is 22.3. The Morgan fingerprint density at radius 3 is 2.73 bits per heavy atom. The SMILES string of the molecule is O=C(N[C@@H](CCO)C(=O)O)C1CCSC1. The molecule has 0 aliphatic carbocycles. The van der Waals surface area contributed by atoms with Gasteiger partial charge in [-0.05, 0) is 12.2 Å². The molecule has 2 atom stereocenters. The Bertz CT molecular complexity index is 240. The van der Waals surface area contributed by atoms with E-state index in [0.717, 1.165) is 17.9 Å². The molecule has 1 amide bonds. The van der Waals surface area contributed by atoms with Crippen LogP contribution in [-0.4, -0.2) is 46.2 Å². The van der Waals surface area contributed by atoms with E-state index in [9.17, 15) is 9.59 Å². The first kappa shape index (κ1) is 12.3. The second-order valence-electron chi connectivity index (χ2n) is 3.47. The number of aliphatic carboxylic acids is 1. The molecule has 0 radical (unpaired) electrons. The van der Waals surface area contributed by atoms with Crippen molar-refractivity contribution in [2.24, 2.45) is 5.92 Å². The highest BCUT2D eigenvalue weighted by Crippen LogP contribution is 2.23. The molecule has 1 rings (SSSR count). The summed E-state index contributed by atoms with van der Waals surface area (Å²) in [6, 6.07) is -0.965. The van der Waals surface area contributed by atoms with Crippen molar-refractivity contribution in [1.82, 2.24) is 5.32 Å². The molecule has 0 aromatic rings. The van der Waals surface area contributed by atoms with Crippen LogP contribution in [-0.2, 0) is 9.59 Å². The van der Waals surface area contributed by atoms with Crippen LogP contribution in [0, 0.1) is 5.92 Å². The van der Waals surface area contributed by atoms with Crippen molar-refractivity contribution in [3.05, 3.63) is 0 Å². The number of hydrogen-bond donors (Lipinski definition) is 3. The Morgan fingerprint density at radius 1 is 1.53 bits per heavy atom. The molecular formula is C9H15NO4S. The van der Waals surface area contributed by atoms with E-state index in [4.69, 9.17) is 10.2 Å². The van der Waals surface area contributed by atoms with Crippen LogP contribution in [0.25, 0.3) is 0 Å². The molecule has 0 saturated carbocycles. The van der Waals surface area contributed by atoms with E-state index in [2.05, 4.69) is 5.32 Å². The molecule has 0 aromatic carbocycles. The van der Waals surface area contributed by atoms with Crippen molar-refractivity contribution >= 4 is 23.6 Å². The first-order valence-corrected chi connectivity index (χ1v) is 6.02. The van der Waals surface area contributed by atoms with Crippen molar-refractivity contribution in [2.45, 2.75) is 18.9 Å². The Kier molecular flexibility index (Phi) is 4.90. The van der Waals surface area contributed by atoms with E-state index in [-0.39, 0.29) is 24.9 Å². The summed E-state index contributed by atoms with van der Waals surface area (Å²) >= 11 is 1.70. The van der Waals surface area contributed by atoms with Gasteiger partial charge in [-0.25, -0.2) is 4.79 Å². The number of thioether (sulfide) groups is 1. The lowest BCUT2D eigenvalue weighted by molar-refractivity contribution is -0.142. The smallest absolute Gasteiger partial charge is 0.326 e. The first-order chi connectivity index (χ1) is 7.15. The topological polar surface area (TPSA) is 86.6 Å². The van der Waals surface area contributed by atoms with E-state index >= 15 is 0 Å². The van der Waals surface area contributed by atoms with Gasteiger partial charge in [0.2, 0.25) is 5.91 Å². The molecule has 1 unspecified atom stereocenters. The van der Waals surface area contributed by atoms with Crippen molar-refractivity contribution in [2.75, 3.05) is 18.1 Å². The van der Waals surface area contributed by atoms with Gasteiger partial charge in [0.15, 0.2) is 0 Å². The van der Waals surface area contributed by atoms with Gasteiger partial charge in [-0.1, -0.05) is 0 Å². The van der Waals surface area contributed by atoms with E-state index in [0.29, 0.717) is 0 Å². The molecule has 1 saturated heterocycles. The third-order valence-corrected chi connectivity index (χ3v) is 3.50. The number of rotatable bonds is 5. The number of carboxylic acids is 1. The monoisotopic (exact) mass is 233 g/mol. The third-order valence-electron chi connectivity index (χ3n) is 2.33. The zero-order valence-electron chi connectivity index (χ0n) is 8.31. The van der Waals surface area contributed by atoms with Gasteiger partial charge in [0, 0.05) is 24.7 Å². The molecule has 3 N–H and O–H groups in total. The highest BCUT2D eigenvalue weighted by molar-refractivity contribution is 7.99. The van der Waals surface area contributed by atoms with E-state index in [1.54, 1.807) is 11.8 Å². The van der Waals surface area contributed by atoms with Crippen LogP contribution in [0.1, 0.15) is 12.8 Å². The maximum atomic E-state index is 11.6. The predicted molar refractivity (Wildman–Crippen MR) is 56.7 cm³/mol. The molecule has 15 heavy (non-hydrogen) atoms. The maximum absolute atomic E-state index is 11.6. The van der Waals surface area contributed by atoms with Crippen LogP contribution in [0.3, 0.4) is 0 Å². The fraction of sp³-hybridized carbons (Fsp3) is 0.778. The summed E-state index contributed by atoms with van der Waals surface area (Å²) < 4.78 is 0. The minimum Gasteiger partial charge on any atom is -0.480 e. The van der Waals surface area contributed by atoms with Gasteiger partial charge >= 0.3 is 5.97 Å². The Labute approximate surface area is 92.2 Å². The summed E-state index contributed by atoms with van der Waals surface area (Å²) in [6.07, 6.45) is 0.864. The number of carboxylic acid groups (broad SMARTS) is 1. The van der Waals surface area contributed by atoms with Gasteiger partial charge in [-0.2, -0.15) is 11.8 Å². The average molecular weight is 233 g/mol. The number of aliphatic hydroxyl groups excluding tert-OH is 1. The third kappa shape index (κ3) is 3.71. The summed E-state index contributed by atoms with van der Waals surface area (Å²) in [6.45, 7) is -0.239. The number of hydrogen-bond acceptors (Lipinski definition) is 4. The van der Waals surface area contributed by atoms with E-state index < -0.39 is 12.0 Å². The van der Waals surface area contributed by atoms with Crippen LogP contribution in [0.15, 0.2) is 0 Å². The van der Waals surface area contributed by atoms with E-state index in [1.165, 1.54) is 0 Å². The molecule has 1 aliphatic rings. The lowest BCUT2D eigenvalue weighted by Crippen LogP contribution is -2.44. The van der Waals surface area contributed by atoms with Crippen molar-refractivity contribution < 1.29 is 19.8 Å². The summed E-state index contributed by atoms with van der Waals surface area (Å²) in [5.41, 5.74) is 0. The number of carbonyl (C=O) groups is 2. The molecule has 1 aliphatic heterocycles. The minimum absolute atomic E-state index is 0.0565. The van der Waals surface area contributed by atoms with Crippen LogP contribution < -0.4 is 5.32 Å². The predicted octanol–water partition coefficient (Wildman–Crippen LogP) is -0.309. The van der Waals surface area contributed by atoms with Gasteiger partial charge in [0.1, 0.15) is 6.04 Å². The summed E-state index contributed by atoms with van der Waals surface area (Å²) in [7, 11) is 0. The molecule has 5 nitrogen and oxygen atoms in total. The van der Waals surface area contributed by atoms with Gasteiger partial charge in [-0.3, -0.25) is 4.79 Å². The van der Waals surface area contributed by atoms with E-state index in [1.807, 2.05) is 0 Å². The quantitative estimate of drug-likeness (QED) is 0.606. The van der Waals surface area contributed by atoms with Crippen molar-refractivity contribution in [3.8, 4) is 0 Å². The highest BCUT2D eigenvalue weighted by atomic mass is 32.2. The summed E-state index contributed by atoms with van der Waals surface area (Å²) in [5, 5.41) is 19.9. The molecule has 0 aromatic heterocycles. The molecule has 0 spiro atoms. The Morgan fingerprint density at radius 2 is 2.27 bits per heavy atom. The first-order valence-electron chi connectivity index (χ1n) is 4.87. The molecule has 1 heterocycles. The maximum Gasteiger partial charge on any atom is 0.326 e. The normalized spacial score (nSPS) is 22.3. The van der Waals surface area contributed by atoms with Crippen molar-refractivity contribution in [1.29, 1.82) is 0 Å². The van der Waals surface area contributed by atoms with Gasteiger partial charge in [-0.15, -0.1) is 0 Å². The Balaban J connectivity index is 2.42. The second-order valence-corrected chi connectivity index (χ2v) is 4.62. The lowest BCUT2D eigenvalue weighted by atomic mass is 10.1. The Hall–Kier alpha value is -0.750. The van der Waals surface area contributed by atoms with Gasteiger partial charge < -0.3 is 15.5 Å². The largest absolute Gasteiger partial charge is 0.480 e. The second kappa shape index (κ2) is 5.97. The van der Waals surface area contributed by atoms with Crippen LogP contribution in [0.4, 0.5) is 0 Å². The van der Waals surface area contributed by atoms with Gasteiger partial charge in [0.05, 0.1) is 0 Å². The van der Waals surface area contributed by atoms with Crippen LogP contribution in [0.2, 0.25) is 0 Å². The van der Waals surface area contributed by atoms with Gasteiger partial charge in [0.25, 0.3) is 0 Å². The summed E-state index contributed by atoms with van der Waals surface area (Å²) in [5.74, 6) is 0.340. The zero-order chi connectivity index (χ0) is 11.3. The highest BCUT2D eigenvalue weighted by Gasteiger charge is 2.27. The zero-order valence-corrected chi connectivity index (χ0v) is 9.13. The molecule has 0 bridgehead atoms. The standard InChI is InChI=1S/C9H15NO4S/c11-3-1-7(9(13)14)10-8(12)6-2-4-15-5-6/h6-7,11H,1-5H2,(H,10,12)(H,13,14)/t6?,7-/m0/s1. The minimum atomic E-state index is -1.09. The number of aliphatic hydroxyl groups is 1. The molecule has 6 heteroatoms. The fourth-order valence-corrected chi connectivity index (χ4v) is 2.64. The lowest BCUT2D eigenvalue weighted by Gasteiger charge is -2.15. The molecule has 1 fully saturated rings.